The Labute approximate surface area is 164 Å². The topological polar surface area (TPSA) is 58.1 Å². The Morgan fingerprint density at radius 3 is 2.57 bits per heavy atom. The van der Waals surface area contributed by atoms with Gasteiger partial charge in [-0.3, -0.25) is 9.89 Å². The van der Waals surface area contributed by atoms with E-state index in [1.807, 2.05) is 0 Å². The zero-order valence-corrected chi connectivity index (χ0v) is 16.6. The van der Waals surface area contributed by atoms with Gasteiger partial charge in [0, 0.05) is 32.2 Å². The van der Waals surface area contributed by atoms with Crippen molar-refractivity contribution in [2.75, 3.05) is 53.0 Å². The minimum atomic E-state index is -4.38. The number of aliphatic imine (C=N–C) groups is 1. The maximum Gasteiger partial charge on any atom is 0.416 e. The van der Waals surface area contributed by atoms with Crippen molar-refractivity contribution in [3.05, 3.63) is 29.8 Å². The fourth-order valence-corrected chi connectivity index (χ4v) is 2.90. The van der Waals surface area contributed by atoms with Gasteiger partial charge >= 0.3 is 6.18 Å². The molecule has 0 radical (unpaired) electrons. The summed E-state index contributed by atoms with van der Waals surface area (Å²) in [5.74, 6) is 0.807. The molecule has 158 valence electrons. The highest BCUT2D eigenvalue weighted by molar-refractivity contribution is 5.79. The summed E-state index contributed by atoms with van der Waals surface area (Å²) >= 11 is 0. The van der Waals surface area contributed by atoms with Gasteiger partial charge < -0.3 is 20.1 Å². The summed E-state index contributed by atoms with van der Waals surface area (Å²) in [4.78, 5) is 6.54. The first kappa shape index (κ1) is 22.3. The van der Waals surface area contributed by atoms with Crippen molar-refractivity contribution in [2.45, 2.75) is 25.6 Å². The minimum absolute atomic E-state index is 0.0596. The van der Waals surface area contributed by atoms with Crippen LogP contribution in [0.5, 0.6) is 5.75 Å². The molecule has 1 saturated heterocycles. The highest BCUT2D eigenvalue weighted by atomic mass is 19.4. The summed E-state index contributed by atoms with van der Waals surface area (Å²) < 4.78 is 49.0. The van der Waals surface area contributed by atoms with Crippen molar-refractivity contribution in [3.63, 3.8) is 0 Å². The second kappa shape index (κ2) is 9.97. The number of benzene rings is 1. The van der Waals surface area contributed by atoms with E-state index in [9.17, 15) is 13.2 Å². The van der Waals surface area contributed by atoms with Gasteiger partial charge in [0.1, 0.15) is 12.4 Å². The van der Waals surface area contributed by atoms with E-state index in [2.05, 4.69) is 34.4 Å². The van der Waals surface area contributed by atoms with Gasteiger partial charge in [0.05, 0.1) is 25.3 Å². The molecule has 0 atom stereocenters. The molecule has 2 N–H and O–H groups in total. The van der Waals surface area contributed by atoms with Crippen molar-refractivity contribution < 1.29 is 22.6 Å². The average molecular weight is 402 g/mol. The fourth-order valence-electron chi connectivity index (χ4n) is 2.90. The van der Waals surface area contributed by atoms with Gasteiger partial charge in [-0.15, -0.1) is 0 Å². The quantitative estimate of drug-likeness (QED) is 0.417. The third-order valence-electron chi connectivity index (χ3n) is 4.60. The van der Waals surface area contributed by atoms with Gasteiger partial charge in [0.25, 0.3) is 0 Å². The maximum absolute atomic E-state index is 12.7. The Morgan fingerprint density at radius 2 is 1.93 bits per heavy atom. The fraction of sp³-hybridized carbons (Fsp3) is 0.632. The molecule has 1 heterocycles. The van der Waals surface area contributed by atoms with Crippen molar-refractivity contribution in [1.82, 2.24) is 15.5 Å². The first-order valence-corrected chi connectivity index (χ1v) is 9.30. The molecule has 0 saturated carbocycles. The van der Waals surface area contributed by atoms with Gasteiger partial charge in [-0.1, -0.05) is 6.07 Å². The monoisotopic (exact) mass is 402 g/mol. The Bertz CT molecular complexity index is 644. The molecule has 1 aliphatic rings. The predicted octanol–water partition coefficient (Wildman–Crippen LogP) is 2.36. The normalized spacial score (nSPS) is 16.7. The van der Waals surface area contributed by atoms with Crippen LogP contribution < -0.4 is 15.4 Å². The third kappa shape index (κ3) is 6.87. The number of morpholine rings is 1. The van der Waals surface area contributed by atoms with Crippen LogP contribution in [0, 0.1) is 0 Å². The van der Waals surface area contributed by atoms with Gasteiger partial charge in [0.15, 0.2) is 5.96 Å². The highest BCUT2D eigenvalue weighted by Crippen LogP contribution is 2.31. The zero-order chi connectivity index (χ0) is 20.6. The van der Waals surface area contributed by atoms with Crippen LogP contribution in [0.2, 0.25) is 0 Å². The van der Waals surface area contributed by atoms with E-state index in [4.69, 9.17) is 9.47 Å². The van der Waals surface area contributed by atoms with E-state index < -0.39 is 11.7 Å². The van der Waals surface area contributed by atoms with Crippen molar-refractivity contribution in [1.29, 1.82) is 0 Å². The van der Waals surface area contributed by atoms with Crippen LogP contribution in [-0.2, 0) is 10.9 Å². The van der Waals surface area contributed by atoms with Crippen molar-refractivity contribution in [3.8, 4) is 5.75 Å². The molecular weight excluding hydrogens is 373 g/mol. The Morgan fingerprint density at radius 1 is 1.21 bits per heavy atom. The van der Waals surface area contributed by atoms with Crippen LogP contribution in [0.3, 0.4) is 0 Å². The SMILES string of the molecule is CN=C(NCCOc1cccc(C(F)(F)F)c1)NCC(C)(C)N1CCOCC1. The van der Waals surface area contributed by atoms with Crippen LogP contribution in [0.15, 0.2) is 29.3 Å². The number of guanidine groups is 1. The summed E-state index contributed by atoms with van der Waals surface area (Å²) in [5, 5.41) is 6.40. The molecule has 0 amide bonds. The first-order valence-electron chi connectivity index (χ1n) is 9.30. The molecule has 0 aliphatic carbocycles. The van der Waals surface area contributed by atoms with Crippen LogP contribution >= 0.6 is 0 Å². The number of nitrogens with one attached hydrogen (secondary N) is 2. The number of rotatable bonds is 7. The first-order chi connectivity index (χ1) is 13.2. The molecule has 0 unspecified atom stereocenters. The van der Waals surface area contributed by atoms with E-state index in [1.54, 1.807) is 7.05 Å². The predicted molar refractivity (Wildman–Crippen MR) is 103 cm³/mol. The molecule has 0 bridgehead atoms. The number of ether oxygens (including phenoxy) is 2. The average Bonchev–Trinajstić information content (AvgIpc) is 2.67. The van der Waals surface area contributed by atoms with Crippen LogP contribution in [-0.4, -0.2) is 69.4 Å². The summed E-state index contributed by atoms with van der Waals surface area (Å²) in [6.07, 6.45) is -4.38. The van der Waals surface area contributed by atoms with Crippen molar-refractivity contribution >= 4 is 5.96 Å². The minimum Gasteiger partial charge on any atom is -0.492 e. The summed E-state index contributed by atoms with van der Waals surface area (Å²) in [7, 11) is 1.67. The Hall–Kier alpha value is -2.00. The number of hydrogen-bond acceptors (Lipinski definition) is 4. The standard InChI is InChI=1S/C19H29F3N4O2/c1-18(2,26-8-11-27-12-9-26)14-25-17(23-3)24-7-10-28-16-6-4-5-15(13-16)19(20,21)22/h4-6,13H,7-12,14H2,1-3H3,(H2,23,24,25). The molecule has 1 aromatic carbocycles. The molecule has 1 aromatic rings. The molecule has 1 aliphatic heterocycles. The largest absolute Gasteiger partial charge is 0.492 e. The lowest BCUT2D eigenvalue weighted by atomic mass is 10.0. The number of hydrogen-bond donors (Lipinski definition) is 2. The maximum atomic E-state index is 12.7. The molecular formula is C19H29F3N4O2. The zero-order valence-electron chi connectivity index (χ0n) is 16.6. The van der Waals surface area contributed by atoms with E-state index in [0.717, 1.165) is 38.4 Å². The second-order valence-corrected chi connectivity index (χ2v) is 7.14. The smallest absolute Gasteiger partial charge is 0.416 e. The molecule has 9 heteroatoms. The van der Waals surface area contributed by atoms with Gasteiger partial charge in [-0.25, -0.2) is 0 Å². The van der Waals surface area contributed by atoms with E-state index >= 15 is 0 Å². The molecule has 2 rings (SSSR count). The molecule has 1 fully saturated rings. The molecule has 0 spiro atoms. The van der Waals surface area contributed by atoms with Gasteiger partial charge in [-0.05, 0) is 32.0 Å². The van der Waals surface area contributed by atoms with Crippen LogP contribution in [0.25, 0.3) is 0 Å². The van der Waals surface area contributed by atoms with Crippen molar-refractivity contribution in [2.24, 2.45) is 4.99 Å². The lowest BCUT2D eigenvalue weighted by molar-refractivity contribution is -0.137. The Balaban J connectivity index is 1.74. The van der Waals surface area contributed by atoms with Crippen LogP contribution in [0.1, 0.15) is 19.4 Å². The lowest BCUT2D eigenvalue weighted by Crippen LogP contribution is -2.56. The summed E-state index contributed by atoms with van der Waals surface area (Å²) in [6, 6.07) is 4.86. The third-order valence-corrected chi connectivity index (χ3v) is 4.60. The molecule has 28 heavy (non-hydrogen) atoms. The number of alkyl halides is 3. The number of halogens is 3. The van der Waals surface area contributed by atoms with E-state index in [-0.39, 0.29) is 17.9 Å². The van der Waals surface area contributed by atoms with E-state index in [0.29, 0.717) is 19.0 Å². The molecule has 0 aromatic heterocycles. The second-order valence-electron chi connectivity index (χ2n) is 7.14. The highest BCUT2D eigenvalue weighted by Gasteiger charge is 2.30. The van der Waals surface area contributed by atoms with Gasteiger partial charge in [0.2, 0.25) is 0 Å². The number of nitrogens with zero attached hydrogens (tertiary/aromatic N) is 2. The lowest BCUT2D eigenvalue weighted by Gasteiger charge is -2.41. The molecule has 6 nitrogen and oxygen atoms in total. The van der Waals surface area contributed by atoms with Gasteiger partial charge in [-0.2, -0.15) is 13.2 Å². The summed E-state index contributed by atoms with van der Waals surface area (Å²) in [6.45, 7) is 8.91. The summed E-state index contributed by atoms with van der Waals surface area (Å²) in [5.41, 5.74) is -0.781. The Kier molecular flexibility index (Phi) is 7.94. The van der Waals surface area contributed by atoms with E-state index in [1.165, 1.54) is 12.1 Å². The van der Waals surface area contributed by atoms with Crippen LogP contribution in [0.4, 0.5) is 13.2 Å².